The first kappa shape index (κ1) is 8.05. The number of carbonyl (C=O) groups excluding carboxylic acids is 1. The van der Waals surface area contributed by atoms with Crippen molar-refractivity contribution in [3.8, 4) is 0 Å². The van der Waals surface area contributed by atoms with Crippen molar-refractivity contribution in [2.45, 2.75) is 37.8 Å². The van der Waals surface area contributed by atoms with E-state index in [-0.39, 0.29) is 12.0 Å². The molecule has 0 radical (unpaired) electrons. The largest absolute Gasteiger partial charge is 0.468 e. The van der Waals surface area contributed by atoms with Gasteiger partial charge in [-0.2, -0.15) is 0 Å². The van der Waals surface area contributed by atoms with Crippen LogP contribution in [0.1, 0.15) is 25.7 Å². The Morgan fingerprint density at radius 1 is 1.50 bits per heavy atom. The summed E-state index contributed by atoms with van der Waals surface area (Å²) in [6.45, 7) is 0. The predicted octanol–water partition coefficient (Wildman–Crippen LogP) is 0.690. The lowest BCUT2D eigenvalue weighted by atomic mass is 10.0. The summed E-state index contributed by atoms with van der Waals surface area (Å²) >= 11 is 0. The van der Waals surface area contributed by atoms with Crippen LogP contribution in [0.15, 0.2) is 0 Å². The van der Waals surface area contributed by atoms with Crippen LogP contribution in [0.3, 0.4) is 0 Å². The fourth-order valence-electron chi connectivity index (χ4n) is 2.47. The number of ether oxygens (including phenoxy) is 1. The van der Waals surface area contributed by atoms with Gasteiger partial charge in [-0.25, -0.2) is 0 Å². The molecule has 3 nitrogen and oxygen atoms in total. The molecule has 0 aromatic carbocycles. The van der Waals surface area contributed by atoms with Gasteiger partial charge in [0.2, 0.25) is 0 Å². The Hall–Kier alpha value is -0.570. The first-order chi connectivity index (χ1) is 5.81. The van der Waals surface area contributed by atoms with Gasteiger partial charge in [-0.15, -0.1) is 0 Å². The molecule has 2 rings (SSSR count). The smallest absolute Gasteiger partial charge is 0.322 e. The van der Waals surface area contributed by atoms with Crippen molar-refractivity contribution in [2.24, 2.45) is 5.92 Å². The molecular formula is C9H15NO2. The Balaban J connectivity index is 1.94. The second-order valence-corrected chi connectivity index (χ2v) is 3.78. The van der Waals surface area contributed by atoms with Crippen molar-refractivity contribution in [2.75, 3.05) is 7.11 Å². The van der Waals surface area contributed by atoms with E-state index in [9.17, 15) is 4.79 Å². The third-order valence-electron chi connectivity index (χ3n) is 3.10. The third kappa shape index (κ3) is 1.22. The first-order valence-corrected chi connectivity index (χ1v) is 4.65. The second kappa shape index (κ2) is 3.05. The van der Waals surface area contributed by atoms with Gasteiger partial charge in [0, 0.05) is 6.04 Å². The minimum Gasteiger partial charge on any atom is -0.468 e. The summed E-state index contributed by atoms with van der Waals surface area (Å²) in [4.78, 5) is 11.2. The van der Waals surface area contributed by atoms with Crippen LogP contribution in [-0.2, 0) is 9.53 Å². The summed E-state index contributed by atoms with van der Waals surface area (Å²) in [6.07, 6.45) is 4.82. The number of rotatable bonds is 1. The molecule has 0 unspecified atom stereocenters. The van der Waals surface area contributed by atoms with Crippen LogP contribution in [0.5, 0.6) is 0 Å². The van der Waals surface area contributed by atoms with Crippen molar-refractivity contribution >= 4 is 5.97 Å². The zero-order valence-electron chi connectivity index (χ0n) is 7.38. The van der Waals surface area contributed by atoms with Crippen LogP contribution in [0, 0.1) is 5.92 Å². The average Bonchev–Trinajstić information content (AvgIpc) is 2.60. The molecule has 1 heterocycles. The first-order valence-electron chi connectivity index (χ1n) is 4.65. The highest BCUT2D eigenvalue weighted by Gasteiger charge is 2.39. The molecule has 3 heteroatoms. The fraction of sp³-hybridized carbons (Fsp3) is 0.889. The van der Waals surface area contributed by atoms with Crippen LogP contribution < -0.4 is 5.32 Å². The second-order valence-electron chi connectivity index (χ2n) is 3.78. The van der Waals surface area contributed by atoms with E-state index in [1.165, 1.54) is 26.4 Å². The highest BCUT2D eigenvalue weighted by molar-refractivity contribution is 5.76. The molecule has 68 valence electrons. The van der Waals surface area contributed by atoms with Crippen LogP contribution in [0.2, 0.25) is 0 Å². The van der Waals surface area contributed by atoms with Gasteiger partial charge >= 0.3 is 5.97 Å². The summed E-state index contributed by atoms with van der Waals surface area (Å²) in [5.41, 5.74) is 0. The Labute approximate surface area is 72.5 Å². The van der Waals surface area contributed by atoms with Crippen molar-refractivity contribution in [3.05, 3.63) is 0 Å². The number of nitrogens with one attached hydrogen (secondary N) is 1. The van der Waals surface area contributed by atoms with Crippen molar-refractivity contribution in [3.63, 3.8) is 0 Å². The summed E-state index contributed by atoms with van der Waals surface area (Å²) in [5.74, 6) is 0.637. The number of esters is 1. The lowest BCUT2D eigenvalue weighted by molar-refractivity contribution is -0.142. The molecule has 1 aliphatic carbocycles. The van der Waals surface area contributed by atoms with Gasteiger partial charge < -0.3 is 10.1 Å². The van der Waals surface area contributed by atoms with Crippen molar-refractivity contribution in [1.82, 2.24) is 5.32 Å². The van der Waals surface area contributed by atoms with Gasteiger partial charge in [0.25, 0.3) is 0 Å². The van der Waals surface area contributed by atoms with Crippen molar-refractivity contribution < 1.29 is 9.53 Å². The van der Waals surface area contributed by atoms with E-state index in [0.717, 1.165) is 12.3 Å². The molecule has 0 amide bonds. The Kier molecular flexibility index (Phi) is 2.05. The molecule has 1 N–H and O–H groups in total. The SMILES string of the molecule is COC(=O)[C@H]1C[C@H]2CCC[C@H]2N1. The lowest BCUT2D eigenvalue weighted by Gasteiger charge is -2.09. The number of methoxy groups -OCH3 is 1. The van der Waals surface area contributed by atoms with Gasteiger partial charge in [0.1, 0.15) is 6.04 Å². The highest BCUT2D eigenvalue weighted by atomic mass is 16.5. The maximum absolute atomic E-state index is 11.2. The molecular weight excluding hydrogens is 154 g/mol. The van der Waals surface area contributed by atoms with Gasteiger partial charge in [0.05, 0.1) is 7.11 Å². The normalized spacial score (nSPS) is 39.6. The summed E-state index contributed by atoms with van der Waals surface area (Å²) in [6, 6.07) is 0.569. The van der Waals surface area contributed by atoms with Crippen LogP contribution in [0.25, 0.3) is 0 Å². The molecule has 1 saturated heterocycles. The molecule has 1 aliphatic heterocycles. The van der Waals surface area contributed by atoms with E-state index in [2.05, 4.69) is 5.32 Å². The van der Waals surface area contributed by atoms with E-state index in [1.807, 2.05) is 0 Å². The minimum atomic E-state index is -0.0931. The Morgan fingerprint density at radius 2 is 2.33 bits per heavy atom. The van der Waals surface area contributed by atoms with Crippen LogP contribution >= 0.6 is 0 Å². The molecule has 0 bridgehead atoms. The summed E-state index contributed by atoms with van der Waals surface area (Å²) in [5, 5.41) is 3.33. The summed E-state index contributed by atoms with van der Waals surface area (Å²) < 4.78 is 4.70. The molecule has 2 aliphatic rings. The Bertz CT molecular complexity index is 181. The van der Waals surface area contributed by atoms with E-state index in [4.69, 9.17) is 4.74 Å². The number of hydrogen-bond donors (Lipinski definition) is 1. The zero-order valence-corrected chi connectivity index (χ0v) is 7.38. The molecule has 1 saturated carbocycles. The molecule has 0 spiro atoms. The Morgan fingerprint density at radius 3 is 3.00 bits per heavy atom. The van der Waals surface area contributed by atoms with Crippen molar-refractivity contribution in [1.29, 1.82) is 0 Å². The predicted molar refractivity (Wildman–Crippen MR) is 44.7 cm³/mol. The van der Waals surface area contributed by atoms with Gasteiger partial charge in [0.15, 0.2) is 0 Å². The fourth-order valence-corrected chi connectivity index (χ4v) is 2.47. The maximum atomic E-state index is 11.2. The molecule has 3 atom stereocenters. The zero-order chi connectivity index (χ0) is 8.55. The number of fused-ring (bicyclic) bond motifs is 1. The van der Waals surface area contributed by atoms with Crippen LogP contribution in [-0.4, -0.2) is 25.2 Å². The van der Waals surface area contributed by atoms with Gasteiger partial charge in [-0.05, 0) is 25.2 Å². The minimum absolute atomic E-state index is 0.0229. The summed E-state index contributed by atoms with van der Waals surface area (Å²) in [7, 11) is 1.46. The topological polar surface area (TPSA) is 38.3 Å². The molecule has 0 aromatic rings. The molecule has 2 fully saturated rings. The monoisotopic (exact) mass is 169 g/mol. The standard InChI is InChI=1S/C9H15NO2/c1-12-9(11)8-5-6-3-2-4-7(6)10-8/h6-8,10H,2-5H2,1H3/t6-,7-,8-/m1/s1. The number of hydrogen-bond acceptors (Lipinski definition) is 3. The van der Waals surface area contributed by atoms with E-state index < -0.39 is 0 Å². The number of carbonyl (C=O) groups is 1. The molecule has 12 heavy (non-hydrogen) atoms. The quantitative estimate of drug-likeness (QED) is 0.587. The van der Waals surface area contributed by atoms with E-state index in [1.54, 1.807) is 0 Å². The maximum Gasteiger partial charge on any atom is 0.322 e. The third-order valence-corrected chi connectivity index (χ3v) is 3.10. The van der Waals surface area contributed by atoms with Gasteiger partial charge in [-0.3, -0.25) is 4.79 Å². The average molecular weight is 169 g/mol. The lowest BCUT2D eigenvalue weighted by Crippen LogP contribution is -2.35. The van der Waals surface area contributed by atoms with E-state index in [0.29, 0.717) is 6.04 Å². The van der Waals surface area contributed by atoms with Gasteiger partial charge in [-0.1, -0.05) is 6.42 Å². The van der Waals surface area contributed by atoms with Crippen LogP contribution in [0.4, 0.5) is 0 Å². The molecule has 0 aromatic heterocycles. The highest BCUT2D eigenvalue weighted by Crippen LogP contribution is 2.34. The van der Waals surface area contributed by atoms with E-state index >= 15 is 0 Å².